The molecule has 0 aliphatic carbocycles. The lowest BCUT2D eigenvalue weighted by atomic mass is 9.74. The normalized spacial score (nSPS) is 8.67. The fourth-order valence-corrected chi connectivity index (χ4v) is 0.941. The zero-order valence-electron chi connectivity index (χ0n) is 10.2. The largest absolute Gasteiger partial charge is 0.409 e. The Labute approximate surface area is 130 Å². The minimum Gasteiger partial charge on any atom is -0.391 e. The Hall–Kier alpha value is -1.71. The summed E-state index contributed by atoms with van der Waals surface area (Å²) >= 11 is 0.638. The van der Waals surface area contributed by atoms with Gasteiger partial charge in [0.05, 0.1) is 0 Å². The summed E-state index contributed by atoms with van der Waals surface area (Å²) in [6, 6.07) is 0. The number of carbonyl (C=O) groups is 4. The van der Waals surface area contributed by atoms with Crippen LogP contribution in [0.4, 0.5) is 19.2 Å². The van der Waals surface area contributed by atoms with Crippen LogP contribution in [0.2, 0.25) is 0 Å². The van der Waals surface area contributed by atoms with Crippen LogP contribution < -0.4 is 31.2 Å². The maximum Gasteiger partial charge on any atom is 0.409 e. The van der Waals surface area contributed by atoms with Crippen LogP contribution in [-0.2, 0) is 8.37 Å². The number of nitrogens with two attached hydrogens (primary N) is 2. The highest BCUT2D eigenvalue weighted by molar-refractivity contribution is 7.92. The van der Waals surface area contributed by atoms with Crippen LogP contribution in [0.3, 0.4) is 0 Å². The third-order valence-corrected chi connectivity index (χ3v) is 1.81. The highest BCUT2D eigenvalue weighted by atomic mass is 32.2. The van der Waals surface area contributed by atoms with Gasteiger partial charge in [-0.25, -0.2) is 19.9 Å². The van der Waals surface area contributed by atoms with Gasteiger partial charge in [0.1, 0.15) is 24.5 Å². The molecule has 0 saturated heterocycles. The Morgan fingerprint density at radius 1 is 0.762 bits per heavy atom. The molecule has 111 valence electrons. The van der Waals surface area contributed by atoms with Crippen LogP contribution in [0.25, 0.3) is 0 Å². The average molecular weight is 333 g/mol. The molecule has 0 atom stereocenters. The summed E-state index contributed by atoms with van der Waals surface area (Å²) < 4.78 is 8.41. The average Bonchev–Trinajstić information content (AvgIpc) is 2.39. The third-order valence-electron chi connectivity index (χ3n) is 1.32. The van der Waals surface area contributed by atoms with Crippen molar-refractivity contribution in [3.05, 3.63) is 0 Å². The molecular weight excluding hydrogens is 325 g/mol. The van der Waals surface area contributed by atoms with Crippen molar-refractivity contribution in [3.8, 4) is 0 Å². The van der Waals surface area contributed by atoms with Crippen LogP contribution in [0.5, 0.6) is 0 Å². The Morgan fingerprint density at radius 2 is 1.14 bits per heavy atom. The van der Waals surface area contributed by atoms with Crippen molar-refractivity contribution in [1.82, 2.24) is 20.9 Å². The van der Waals surface area contributed by atoms with Crippen molar-refractivity contribution in [2.45, 2.75) is 0 Å². The predicted octanol–water partition coefficient (Wildman–Crippen LogP) is -2.33. The van der Waals surface area contributed by atoms with Gasteiger partial charge < -0.3 is 29.3 Å². The number of hydrogen-bond acceptors (Lipinski definition) is 10. The number of amides is 4. The molecule has 12 nitrogen and oxygen atoms in total. The lowest BCUT2D eigenvalue weighted by molar-refractivity contribution is 0.213. The highest BCUT2D eigenvalue weighted by Crippen LogP contribution is 1.88. The molecule has 0 unspecified atom stereocenters. The first-order chi connectivity index (χ1) is 9.99. The van der Waals surface area contributed by atoms with Crippen LogP contribution in [-0.4, -0.2) is 46.2 Å². The van der Waals surface area contributed by atoms with Crippen LogP contribution in [0.1, 0.15) is 0 Å². The quantitative estimate of drug-likeness (QED) is 0.160. The van der Waals surface area contributed by atoms with Gasteiger partial charge in [-0.2, -0.15) is 0 Å². The van der Waals surface area contributed by atoms with E-state index in [1.807, 2.05) is 20.9 Å². The Morgan fingerprint density at radius 3 is 1.48 bits per heavy atom. The van der Waals surface area contributed by atoms with Gasteiger partial charge in [0.25, 0.3) is 0 Å². The smallest absolute Gasteiger partial charge is 0.391 e. The molecule has 21 heavy (non-hydrogen) atoms. The summed E-state index contributed by atoms with van der Waals surface area (Å²) in [6.45, 7) is 0. The van der Waals surface area contributed by atoms with E-state index < -0.39 is 23.8 Å². The van der Waals surface area contributed by atoms with Crippen LogP contribution in [0, 0.1) is 0 Å². The summed E-state index contributed by atoms with van der Waals surface area (Å²) in [6.07, 6.45) is -1.83. The molecule has 4 amide bonds. The first-order valence-electron chi connectivity index (χ1n) is 4.76. The van der Waals surface area contributed by atoms with E-state index in [9.17, 15) is 19.2 Å². The van der Waals surface area contributed by atoms with Gasteiger partial charge in [0, 0.05) is 0 Å². The highest BCUT2D eigenvalue weighted by Gasteiger charge is 2.14. The van der Waals surface area contributed by atoms with Gasteiger partial charge in [-0.15, -0.1) is 0 Å². The first-order valence-corrected chi connectivity index (χ1v) is 6.37. The van der Waals surface area contributed by atoms with Gasteiger partial charge in [-0.1, -0.05) is 0 Å². The molecule has 0 aliphatic rings. The van der Waals surface area contributed by atoms with Gasteiger partial charge >= 0.3 is 34.6 Å². The predicted molar refractivity (Wildman–Crippen MR) is 77.1 cm³/mol. The number of rotatable bonds is 8. The second-order valence-electron chi connectivity index (χ2n) is 2.67. The van der Waals surface area contributed by atoms with Gasteiger partial charge in [0.15, 0.2) is 11.6 Å². The molecule has 0 heterocycles. The van der Waals surface area contributed by atoms with E-state index in [1.165, 1.54) is 0 Å². The zero-order chi connectivity index (χ0) is 16.1. The van der Waals surface area contributed by atoms with Crippen molar-refractivity contribution < 1.29 is 27.5 Å². The Kier molecular flexibility index (Phi) is 11.1. The second-order valence-corrected chi connectivity index (χ2v) is 3.39. The summed E-state index contributed by atoms with van der Waals surface area (Å²) in [5, 5.41) is 17.7. The fourth-order valence-electron chi connectivity index (χ4n) is 0.670. The molecule has 0 aromatic rings. The topological polar surface area (TPSA) is 187 Å². The van der Waals surface area contributed by atoms with Crippen molar-refractivity contribution in [3.63, 3.8) is 0 Å². The minimum absolute atomic E-state index is 0.319. The molecule has 3 radical (unpaired) electrons. The SMILES string of the molecule is NSOC(=O)N[B]NC(=O)[B]C(=O)N[B]NC(=O)OSN. The third kappa shape index (κ3) is 11.8. The van der Waals surface area contributed by atoms with Crippen LogP contribution >= 0.6 is 24.5 Å². The summed E-state index contributed by atoms with van der Waals surface area (Å²) in [5.74, 6) is -1.69. The van der Waals surface area contributed by atoms with E-state index in [2.05, 4.69) is 8.37 Å². The maximum atomic E-state index is 11.2. The number of nitrogens with one attached hydrogen (secondary N) is 4. The van der Waals surface area contributed by atoms with Crippen molar-refractivity contribution >= 4 is 70.6 Å². The van der Waals surface area contributed by atoms with E-state index in [1.54, 1.807) is 0 Å². The molecule has 17 heteroatoms. The molecule has 0 rings (SSSR count). The van der Waals surface area contributed by atoms with Gasteiger partial charge in [0.2, 0.25) is 0 Å². The Balaban J connectivity index is 3.68. The molecule has 8 N–H and O–H groups in total. The second kappa shape index (κ2) is 12.1. The van der Waals surface area contributed by atoms with E-state index in [4.69, 9.17) is 10.3 Å². The zero-order valence-corrected chi connectivity index (χ0v) is 11.8. The molecule has 0 saturated carbocycles. The van der Waals surface area contributed by atoms with Gasteiger partial charge in [-0.3, -0.25) is 9.59 Å². The van der Waals surface area contributed by atoms with E-state index in [0.717, 1.165) is 15.1 Å². The van der Waals surface area contributed by atoms with Gasteiger partial charge in [-0.05, 0) is 0 Å². The molecule has 0 bridgehead atoms. The minimum atomic E-state index is -0.916. The van der Waals surface area contributed by atoms with E-state index in [0.29, 0.717) is 31.7 Å². The molecule has 0 spiro atoms. The summed E-state index contributed by atoms with van der Waals surface area (Å²) in [4.78, 5) is 43.8. The summed E-state index contributed by atoms with van der Waals surface area (Å²) in [7, 11) is 2.29. The molecule has 0 aliphatic heterocycles. The Bertz CT molecular complexity index is 356. The van der Waals surface area contributed by atoms with E-state index in [-0.39, 0.29) is 0 Å². The molecular formula is C4H8B3N6O6S2. The number of carbonyl (C=O) groups excluding carboxylic acids is 4. The first kappa shape index (κ1) is 19.3. The molecule has 0 aromatic carbocycles. The monoisotopic (exact) mass is 333 g/mol. The standard InChI is InChI=1S/C4H8B3N6O6S2/c8-20-18-3(16)12-6-10-1(14)5-2(15)11-7-13-4(17)19-21-9/h8-9H2,(H,10,14)(H,11,15)(H,12,16)(H,13,17). The van der Waals surface area contributed by atoms with Crippen LogP contribution in [0.15, 0.2) is 0 Å². The summed E-state index contributed by atoms with van der Waals surface area (Å²) in [5.41, 5.74) is 0. The molecule has 0 aromatic heterocycles. The number of hydrogen-bond donors (Lipinski definition) is 6. The van der Waals surface area contributed by atoms with Crippen molar-refractivity contribution in [2.24, 2.45) is 10.3 Å². The van der Waals surface area contributed by atoms with Crippen molar-refractivity contribution in [2.75, 3.05) is 0 Å². The maximum absolute atomic E-state index is 11.2. The lowest BCUT2D eigenvalue weighted by Crippen LogP contribution is -2.48. The van der Waals surface area contributed by atoms with Crippen molar-refractivity contribution in [1.29, 1.82) is 0 Å². The fraction of sp³-hybridized carbons (Fsp3) is 0. The lowest BCUT2D eigenvalue weighted by Gasteiger charge is -2.05. The molecule has 0 fully saturated rings. The van der Waals surface area contributed by atoms with E-state index >= 15 is 0 Å².